The molecule has 1 rings (SSSR count). The Morgan fingerprint density at radius 1 is 1.31 bits per heavy atom. The van der Waals surface area contributed by atoms with Crippen LogP contribution in [0.2, 0.25) is 5.02 Å². The molecule has 0 N–H and O–H groups in total. The normalized spacial score (nSPS) is 8.31. The van der Waals surface area contributed by atoms with Gasteiger partial charge in [-0.2, -0.15) is 0 Å². The predicted octanol–water partition coefficient (Wildman–Crippen LogP) is -4.48. The zero-order valence-corrected chi connectivity index (χ0v) is 10.4. The molecule has 1 heterocycles. The first-order valence-corrected chi connectivity index (χ1v) is 3.07. The summed E-state index contributed by atoms with van der Waals surface area (Å²) in [5, 5.41) is -0.347. The molecule has 0 aliphatic heterocycles. The topological polar surface area (TPSA) is 12.9 Å². The Balaban J connectivity index is 0. The number of hydrogen-bond acceptors (Lipinski definition) is 1. The molecule has 0 amide bonds. The van der Waals surface area contributed by atoms with Gasteiger partial charge in [-0.1, -0.05) is 11.6 Å². The third-order valence-electron chi connectivity index (χ3n) is 1.11. The van der Waals surface area contributed by atoms with E-state index < -0.39 is 18.5 Å². The summed E-state index contributed by atoms with van der Waals surface area (Å²) in [6.45, 7) is 0. The maximum Gasteiger partial charge on any atom is 1.00 e. The van der Waals surface area contributed by atoms with Crippen LogP contribution in [0, 0.1) is 5.82 Å². The van der Waals surface area contributed by atoms with Crippen LogP contribution in [-0.4, -0.2) is 12.3 Å². The van der Waals surface area contributed by atoms with E-state index in [2.05, 4.69) is 4.98 Å². The van der Waals surface area contributed by atoms with Gasteiger partial charge in [-0.15, -0.1) is 0 Å². The third kappa shape index (κ3) is 4.26. The first kappa shape index (κ1) is 16.3. The van der Waals surface area contributed by atoms with Crippen molar-refractivity contribution < 1.29 is 69.1 Å². The molecular weight excluding hydrogens is 235 g/mol. The summed E-state index contributed by atoms with van der Waals surface area (Å²) >= 11 is 5.24. The first-order chi connectivity index (χ1) is 5.13. The van der Waals surface area contributed by atoms with E-state index in [9.17, 15) is 13.0 Å². The van der Waals surface area contributed by atoms with Crippen LogP contribution < -0.4 is 61.6 Å². The second-order valence-corrected chi connectivity index (χ2v) is 2.22. The van der Waals surface area contributed by atoms with Crippen LogP contribution >= 0.6 is 11.6 Å². The molecule has 0 bridgehead atoms. The summed E-state index contributed by atoms with van der Waals surface area (Å²) in [7, 11) is -2.90. The Labute approximate surface area is 120 Å². The van der Waals surface area contributed by atoms with Crippen molar-refractivity contribution in [2.75, 3.05) is 0 Å². The van der Waals surface area contributed by atoms with Crippen LogP contribution in [0.5, 0.6) is 0 Å². The van der Waals surface area contributed by atoms with Gasteiger partial charge in [0, 0.05) is 11.7 Å². The van der Waals surface area contributed by atoms with E-state index in [0.717, 1.165) is 6.20 Å². The summed E-state index contributed by atoms with van der Waals surface area (Å²) < 4.78 is 36.3. The van der Waals surface area contributed by atoms with E-state index in [1.54, 1.807) is 0 Å². The van der Waals surface area contributed by atoms with Gasteiger partial charge in [0.25, 0.3) is 0 Å². The minimum atomic E-state index is -2.90. The molecular formula is C5H2BClF4KN. The van der Waals surface area contributed by atoms with Crippen molar-refractivity contribution in [3.63, 3.8) is 0 Å². The molecule has 0 saturated heterocycles. The standard InChI is InChI=1S/C5H2BClF3N.FH.K/c7-3-1-11-2-4(8)5(3)6(9)10;;/h1-2H;1H;/q;;+1/p-1. The fraction of sp³-hybridized carbons (Fsp3) is 0. The summed E-state index contributed by atoms with van der Waals surface area (Å²) in [5.74, 6) is -1.08. The van der Waals surface area contributed by atoms with Gasteiger partial charge in [-0.05, 0) is 0 Å². The van der Waals surface area contributed by atoms with Gasteiger partial charge < -0.3 is 4.70 Å². The number of pyridine rings is 1. The fourth-order valence-corrected chi connectivity index (χ4v) is 0.859. The van der Waals surface area contributed by atoms with Crippen molar-refractivity contribution in [1.82, 2.24) is 4.98 Å². The monoisotopic (exact) mass is 237 g/mol. The smallest absolute Gasteiger partial charge is 1.00 e. The second kappa shape index (κ2) is 7.19. The van der Waals surface area contributed by atoms with Crippen LogP contribution in [0.3, 0.4) is 0 Å². The van der Waals surface area contributed by atoms with E-state index >= 15 is 0 Å². The van der Waals surface area contributed by atoms with Crippen LogP contribution in [0.15, 0.2) is 12.4 Å². The predicted molar refractivity (Wildman–Crippen MR) is 36.8 cm³/mol. The molecule has 0 aliphatic rings. The van der Waals surface area contributed by atoms with E-state index in [-0.39, 0.29) is 61.1 Å². The Bertz CT molecular complexity index is 254. The Hall–Kier alpha value is 0.861. The first-order valence-electron chi connectivity index (χ1n) is 2.70. The molecule has 13 heavy (non-hydrogen) atoms. The minimum Gasteiger partial charge on any atom is -1.00 e. The molecule has 1 aromatic rings. The number of rotatable bonds is 1. The molecule has 0 atom stereocenters. The summed E-state index contributed by atoms with van der Waals surface area (Å²) in [5.41, 5.74) is -0.790. The van der Waals surface area contributed by atoms with Crippen molar-refractivity contribution >= 4 is 24.3 Å². The Kier molecular flexibility index (Phi) is 9.02. The molecule has 0 fully saturated rings. The van der Waals surface area contributed by atoms with E-state index in [1.807, 2.05) is 0 Å². The summed E-state index contributed by atoms with van der Waals surface area (Å²) in [6, 6.07) is 0. The van der Waals surface area contributed by atoms with Crippen molar-refractivity contribution in [1.29, 1.82) is 0 Å². The molecule has 0 aromatic carbocycles. The average Bonchev–Trinajstić information content (AvgIpc) is 1.85. The van der Waals surface area contributed by atoms with Crippen LogP contribution in [-0.2, 0) is 0 Å². The van der Waals surface area contributed by atoms with Crippen LogP contribution in [0.25, 0.3) is 0 Å². The maximum absolute atomic E-state index is 12.5. The molecule has 1 nitrogen and oxygen atoms in total. The fourth-order valence-electron chi connectivity index (χ4n) is 0.630. The molecule has 0 unspecified atom stereocenters. The Morgan fingerprint density at radius 2 is 1.85 bits per heavy atom. The van der Waals surface area contributed by atoms with Gasteiger partial charge in [-0.3, -0.25) is 13.6 Å². The number of aromatic nitrogens is 1. The summed E-state index contributed by atoms with van der Waals surface area (Å²) in [4.78, 5) is 3.29. The number of hydrogen-bond donors (Lipinski definition) is 0. The van der Waals surface area contributed by atoms with Crippen molar-refractivity contribution in [2.45, 2.75) is 0 Å². The maximum atomic E-state index is 12.5. The van der Waals surface area contributed by atoms with E-state index in [1.165, 1.54) is 0 Å². The SMILES string of the molecule is FB(F)c1c(F)cncc1Cl.[F-].[K+]. The molecule has 1 aromatic heterocycles. The average molecular weight is 237 g/mol. The second-order valence-electron chi connectivity index (χ2n) is 1.82. The van der Waals surface area contributed by atoms with Gasteiger partial charge >= 0.3 is 58.7 Å². The molecule has 0 saturated carbocycles. The zero-order valence-electron chi connectivity index (χ0n) is 6.57. The van der Waals surface area contributed by atoms with Crippen LogP contribution in [0.4, 0.5) is 13.0 Å². The molecule has 0 aliphatic carbocycles. The van der Waals surface area contributed by atoms with Gasteiger partial charge in [0.2, 0.25) is 0 Å². The van der Waals surface area contributed by atoms with E-state index in [4.69, 9.17) is 11.6 Å². The van der Waals surface area contributed by atoms with E-state index in [0.29, 0.717) is 6.20 Å². The number of halogens is 5. The molecule has 66 valence electrons. The third-order valence-corrected chi connectivity index (χ3v) is 1.41. The zero-order chi connectivity index (χ0) is 8.43. The Morgan fingerprint density at radius 3 is 2.15 bits per heavy atom. The minimum absolute atomic E-state index is 0. The molecule has 0 radical (unpaired) electrons. The summed E-state index contributed by atoms with van der Waals surface area (Å²) in [6.07, 6.45) is 1.68. The number of nitrogens with zero attached hydrogens (tertiary/aromatic N) is 1. The van der Waals surface area contributed by atoms with Crippen molar-refractivity contribution in [3.8, 4) is 0 Å². The molecule has 0 spiro atoms. The quantitative estimate of drug-likeness (QED) is 0.355. The van der Waals surface area contributed by atoms with Gasteiger partial charge in [0.15, 0.2) is 0 Å². The van der Waals surface area contributed by atoms with Crippen molar-refractivity contribution in [3.05, 3.63) is 23.2 Å². The van der Waals surface area contributed by atoms with Gasteiger partial charge in [-0.25, -0.2) is 4.39 Å². The van der Waals surface area contributed by atoms with Crippen LogP contribution in [0.1, 0.15) is 0 Å². The van der Waals surface area contributed by atoms with Gasteiger partial charge in [0.1, 0.15) is 5.82 Å². The largest absolute Gasteiger partial charge is 1.00 e. The molecule has 8 heteroatoms. The van der Waals surface area contributed by atoms with Gasteiger partial charge in [0.05, 0.1) is 11.2 Å². The van der Waals surface area contributed by atoms with Crippen molar-refractivity contribution in [2.24, 2.45) is 0 Å².